The summed E-state index contributed by atoms with van der Waals surface area (Å²) >= 11 is 15.1. The van der Waals surface area contributed by atoms with Gasteiger partial charge in [-0.15, -0.1) is 12.4 Å². The number of nitrogens with zero attached hydrogens (tertiary/aromatic N) is 1. The molecule has 2 aliphatic heterocycles. The Labute approximate surface area is 336 Å². The molecule has 2 saturated heterocycles. The Hall–Kier alpha value is -2.65. The first-order valence-corrected chi connectivity index (χ1v) is 19.7. The van der Waals surface area contributed by atoms with Crippen LogP contribution >= 0.6 is 51.5 Å². The van der Waals surface area contributed by atoms with Crippen LogP contribution in [-0.4, -0.2) is 67.4 Å². The number of benzene rings is 4. The maximum Gasteiger partial charge on any atom is 0.120 e. The fourth-order valence-electron chi connectivity index (χ4n) is 5.70. The van der Waals surface area contributed by atoms with E-state index in [0.717, 1.165) is 110 Å². The van der Waals surface area contributed by atoms with Crippen molar-refractivity contribution >= 4 is 51.5 Å². The van der Waals surface area contributed by atoms with Crippen LogP contribution in [0.1, 0.15) is 50.7 Å². The highest BCUT2D eigenvalue weighted by Gasteiger charge is 2.32. The molecular formula is C42H54BrCl3N2O4. The van der Waals surface area contributed by atoms with Crippen LogP contribution in [-0.2, 0) is 0 Å². The van der Waals surface area contributed by atoms with E-state index in [4.69, 9.17) is 42.1 Å². The lowest BCUT2D eigenvalue weighted by Crippen LogP contribution is -2.47. The number of hydrogen-bond donors (Lipinski definition) is 1. The average molecular weight is 837 g/mol. The summed E-state index contributed by atoms with van der Waals surface area (Å²) in [6.07, 6.45) is 4.13. The van der Waals surface area contributed by atoms with E-state index < -0.39 is 0 Å². The molecule has 4 aromatic carbocycles. The molecule has 52 heavy (non-hydrogen) atoms. The van der Waals surface area contributed by atoms with Gasteiger partial charge in [0.15, 0.2) is 0 Å². The molecule has 2 heterocycles. The quantitative estimate of drug-likeness (QED) is 0.152. The van der Waals surface area contributed by atoms with Gasteiger partial charge in [-0.1, -0.05) is 74.5 Å². The van der Waals surface area contributed by atoms with Crippen molar-refractivity contribution in [3.05, 3.63) is 118 Å². The molecule has 0 amide bonds. The topological polar surface area (TPSA) is 52.2 Å². The third kappa shape index (κ3) is 16.2. The minimum absolute atomic E-state index is 0. The van der Waals surface area contributed by atoms with E-state index in [2.05, 4.69) is 66.0 Å². The molecule has 2 aliphatic rings. The molecule has 2 fully saturated rings. The molecule has 4 aromatic rings. The molecule has 0 aromatic heterocycles. The Kier molecular flexibility index (Phi) is 19.0. The lowest BCUT2D eigenvalue weighted by Gasteiger charge is -2.39. The van der Waals surface area contributed by atoms with Gasteiger partial charge in [-0.2, -0.15) is 0 Å². The van der Waals surface area contributed by atoms with Crippen molar-refractivity contribution in [2.45, 2.75) is 64.6 Å². The van der Waals surface area contributed by atoms with Crippen LogP contribution in [0.3, 0.4) is 0 Å². The van der Waals surface area contributed by atoms with E-state index in [1.807, 2.05) is 84.9 Å². The normalized spacial score (nSPS) is 16.1. The first kappa shape index (κ1) is 43.8. The largest absolute Gasteiger partial charge is 0.493 e. The van der Waals surface area contributed by atoms with Crippen LogP contribution in [0.15, 0.2) is 97.1 Å². The summed E-state index contributed by atoms with van der Waals surface area (Å²) in [5.41, 5.74) is 2.38. The van der Waals surface area contributed by atoms with Crippen LogP contribution in [0.2, 0.25) is 10.0 Å². The Morgan fingerprint density at radius 3 is 1.40 bits per heavy atom. The highest BCUT2D eigenvalue weighted by atomic mass is 79.9. The lowest BCUT2D eigenvalue weighted by molar-refractivity contribution is 0.0135. The predicted octanol–water partition coefficient (Wildman–Crippen LogP) is 11.0. The summed E-state index contributed by atoms with van der Waals surface area (Å²) in [5.74, 6) is 3.68. The summed E-state index contributed by atoms with van der Waals surface area (Å²) in [5, 5.41) is 5.69. The maximum atomic E-state index is 6.21. The summed E-state index contributed by atoms with van der Waals surface area (Å²) in [7, 11) is 0. The summed E-state index contributed by atoms with van der Waals surface area (Å²) < 4.78 is 23.4. The standard InChI is InChI=1S/C21H26ClNO2.C12H16ClNO.C9H11BrO.ClH/c1-17-3-7-19(8-4-17)24-16-15-23-13-11-21(2,12-14-23)25-20-9-5-18(22)6-10-20;1-12(6-8-14-9-7-12)15-11-4-2-10(13)3-5-11;1-8-2-4-9(5-3-8)11-7-6-10;/h3-10H,11-16H2,1-2H3;2-5,14H,6-9H2,1H3;2-5H,6-7H2,1H3;1H. The van der Waals surface area contributed by atoms with Crippen LogP contribution in [0.4, 0.5) is 0 Å². The molecule has 1 N–H and O–H groups in total. The van der Waals surface area contributed by atoms with Crippen molar-refractivity contribution < 1.29 is 18.9 Å². The second-order valence-electron chi connectivity index (χ2n) is 13.6. The number of rotatable bonds is 11. The first-order chi connectivity index (χ1) is 24.5. The molecule has 0 aliphatic carbocycles. The molecule has 284 valence electrons. The summed E-state index contributed by atoms with van der Waals surface area (Å²) in [6.45, 7) is 15.0. The zero-order valence-electron chi connectivity index (χ0n) is 30.8. The fourth-order valence-corrected chi connectivity index (χ4v) is 6.12. The molecular weight excluding hydrogens is 783 g/mol. The summed E-state index contributed by atoms with van der Waals surface area (Å²) in [6, 6.07) is 31.5. The molecule has 0 radical (unpaired) electrons. The molecule has 0 unspecified atom stereocenters. The second-order valence-corrected chi connectivity index (χ2v) is 15.3. The number of halogens is 4. The van der Waals surface area contributed by atoms with Crippen molar-refractivity contribution in [3.63, 3.8) is 0 Å². The summed E-state index contributed by atoms with van der Waals surface area (Å²) in [4.78, 5) is 2.45. The third-order valence-electron chi connectivity index (χ3n) is 8.99. The van der Waals surface area contributed by atoms with Gasteiger partial charge in [0.1, 0.15) is 40.8 Å². The van der Waals surface area contributed by atoms with Crippen molar-refractivity contribution in [1.82, 2.24) is 10.2 Å². The van der Waals surface area contributed by atoms with E-state index in [0.29, 0.717) is 0 Å². The van der Waals surface area contributed by atoms with Gasteiger partial charge in [0.25, 0.3) is 0 Å². The van der Waals surface area contributed by atoms with Crippen LogP contribution in [0.25, 0.3) is 0 Å². The number of likely N-dealkylation sites (tertiary alicyclic amines) is 1. The fraction of sp³-hybridized carbons (Fsp3) is 0.429. The highest BCUT2D eigenvalue weighted by Crippen LogP contribution is 2.29. The molecule has 10 heteroatoms. The van der Waals surface area contributed by atoms with Crippen LogP contribution in [0, 0.1) is 13.8 Å². The van der Waals surface area contributed by atoms with Gasteiger partial charge in [-0.3, -0.25) is 4.90 Å². The smallest absolute Gasteiger partial charge is 0.120 e. The third-order valence-corrected chi connectivity index (χ3v) is 9.82. The number of hydrogen-bond acceptors (Lipinski definition) is 6. The highest BCUT2D eigenvalue weighted by molar-refractivity contribution is 9.09. The Balaban J connectivity index is 0.000000230. The monoisotopic (exact) mass is 834 g/mol. The molecule has 6 nitrogen and oxygen atoms in total. The molecule has 0 spiro atoms. The van der Waals surface area contributed by atoms with Crippen molar-refractivity contribution in [2.75, 3.05) is 51.3 Å². The average Bonchev–Trinajstić information content (AvgIpc) is 3.13. The number of piperidine rings is 2. The Bertz CT molecular complexity index is 1540. The van der Waals surface area contributed by atoms with Crippen molar-refractivity contribution in [2.24, 2.45) is 0 Å². The van der Waals surface area contributed by atoms with E-state index in [-0.39, 0.29) is 23.6 Å². The van der Waals surface area contributed by atoms with E-state index in [1.54, 1.807) is 0 Å². The van der Waals surface area contributed by atoms with Crippen LogP contribution in [0.5, 0.6) is 23.0 Å². The van der Waals surface area contributed by atoms with Gasteiger partial charge in [0, 0.05) is 35.0 Å². The van der Waals surface area contributed by atoms with E-state index in [1.165, 1.54) is 11.1 Å². The minimum Gasteiger partial charge on any atom is -0.493 e. The van der Waals surface area contributed by atoms with Gasteiger partial charge in [0.2, 0.25) is 0 Å². The van der Waals surface area contributed by atoms with E-state index >= 15 is 0 Å². The lowest BCUT2D eigenvalue weighted by atomic mass is 9.93. The zero-order valence-corrected chi connectivity index (χ0v) is 34.8. The molecule has 0 bridgehead atoms. The number of alkyl halides is 1. The van der Waals surface area contributed by atoms with Gasteiger partial charge < -0.3 is 24.3 Å². The maximum absolute atomic E-state index is 6.21. The van der Waals surface area contributed by atoms with Crippen molar-refractivity contribution in [3.8, 4) is 23.0 Å². The Morgan fingerprint density at radius 2 is 0.981 bits per heavy atom. The van der Waals surface area contributed by atoms with Gasteiger partial charge in [0.05, 0.1) is 6.61 Å². The minimum atomic E-state index is -0.109. The number of nitrogens with one attached hydrogen (secondary N) is 1. The Morgan fingerprint density at radius 1 is 0.596 bits per heavy atom. The molecule has 6 rings (SSSR count). The van der Waals surface area contributed by atoms with Gasteiger partial charge >= 0.3 is 0 Å². The van der Waals surface area contributed by atoms with Gasteiger partial charge in [-0.05, 0) is 139 Å². The number of aryl methyl sites for hydroxylation is 2. The van der Waals surface area contributed by atoms with Crippen LogP contribution < -0.4 is 24.3 Å². The predicted molar refractivity (Wildman–Crippen MR) is 223 cm³/mol. The zero-order chi connectivity index (χ0) is 36.5. The van der Waals surface area contributed by atoms with Gasteiger partial charge in [-0.25, -0.2) is 0 Å². The molecule has 0 saturated carbocycles. The van der Waals surface area contributed by atoms with E-state index in [9.17, 15) is 0 Å². The number of ether oxygens (including phenoxy) is 4. The SMILES string of the molecule is CC1(Oc2ccc(Cl)cc2)CCNCC1.Cc1ccc(OCCBr)cc1.Cc1ccc(OCCN2CCC(C)(Oc3ccc(Cl)cc3)CC2)cc1.Cl. The first-order valence-electron chi connectivity index (χ1n) is 17.8. The van der Waals surface area contributed by atoms with Crippen molar-refractivity contribution in [1.29, 1.82) is 0 Å². The second kappa shape index (κ2) is 22.5. The molecule has 0 atom stereocenters.